The summed E-state index contributed by atoms with van der Waals surface area (Å²) < 4.78 is 45.8. The van der Waals surface area contributed by atoms with Gasteiger partial charge in [0.2, 0.25) is 0 Å². The summed E-state index contributed by atoms with van der Waals surface area (Å²) in [6.45, 7) is 3.53. The lowest BCUT2D eigenvalue weighted by atomic mass is 10.1. The fourth-order valence-corrected chi connectivity index (χ4v) is 3.00. The molecular formula is C20H21F3N2O3. The van der Waals surface area contributed by atoms with Gasteiger partial charge < -0.3 is 19.3 Å². The first kappa shape index (κ1) is 20.0. The van der Waals surface area contributed by atoms with Crippen LogP contribution in [0.5, 0.6) is 5.75 Å². The first-order chi connectivity index (χ1) is 13.3. The van der Waals surface area contributed by atoms with Crippen LogP contribution in [0.2, 0.25) is 0 Å². The summed E-state index contributed by atoms with van der Waals surface area (Å²) in [5.74, 6) is -0.638. The molecule has 0 aliphatic carbocycles. The van der Waals surface area contributed by atoms with Crippen molar-refractivity contribution in [2.45, 2.75) is 12.9 Å². The second-order valence-electron chi connectivity index (χ2n) is 6.50. The predicted molar refractivity (Wildman–Crippen MR) is 98.4 cm³/mol. The molecule has 0 bridgehead atoms. The molecule has 5 nitrogen and oxygen atoms in total. The monoisotopic (exact) mass is 394 g/mol. The van der Waals surface area contributed by atoms with Gasteiger partial charge in [0.1, 0.15) is 5.75 Å². The zero-order valence-electron chi connectivity index (χ0n) is 15.4. The van der Waals surface area contributed by atoms with Crippen molar-refractivity contribution in [1.29, 1.82) is 0 Å². The Balaban J connectivity index is 1.59. The maximum atomic E-state index is 12.5. The Kier molecular flexibility index (Phi) is 6.08. The number of carbonyl (C=O) groups excluding carboxylic acids is 1. The number of anilines is 1. The van der Waals surface area contributed by atoms with Crippen LogP contribution in [0.25, 0.3) is 0 Å². The number of hydrogen-bond acceptors (Lipinski definition) is 4. The highest BCUT2D eigenvalue weighted by molar-refractivity contribution is 5.94. The first-order valence-electron chi connectivity index (χ1n) is 8.85. The van der Waals surface area contributed by atoms with Crippen molar-refractivity contribution in [2.24, 2.45) is 0 Å². The molecule has 3 rings (SSSR count). The average molecular weight is 394 g/mol. The zero-order chi connectivity index (χ0) is 20.1. The minimum atomic E-state index is -4.75. The Morgan fingerprint density at radius 1 is 1.07 bits per heavy atom. The normalized spacial score (nSPS) is 14.6. The molecule has 2 aromatic carbocycles. The van der Waals surface area contributed by atoms with E-state index < -0.39 is 6.36 Å². The molecule has 0 saturated carbocycles. The standard InChI is InChI=1S/C20H21F3N2O3/c1-24(19(26)16-4-8-18(9-5-16)28-20(21,22)23)14-15-2-6-17(7-3-15)25-10-12-27-13-11-25/h2-9H,10-14H2,1H3. The van der Waals surface area contributed by atoms with Crippen LogP contribution in [0.15, 0.2) is 48.5 Å². The smallest absolute Gasteiger partial charge is 0.406 e. The molecule has 8 heteroatoms. The molecule has 2 aromatic rings. The molecule has 0 radical (unpaired) electrons. The number of benzene rings is 2. The summed E-state index contributed by atoms with van der Waals surface area (Å²) >= 11 is 0. The maximum Gasteiger partial charge on any atom is 0.573 e. The Labute approximate surface area is 161 Å². The molecular weight excluding hydrogens is 373 g/mol. The molecule has 0 aromatic heterocycles. The number of amides is 1. The SMILES string of the molecule is CN(Cc1ccc(N2CCOCC2)cc1)C(=O)c1ccc(OC(F)(F)F)cc1. The van der Waals surface area contributed by atoms with Gasteiger partial charge in [-0.15, -0.1) is 13.2 Å². The Morgan fingerprint density at radius 2 is 1.68 bits per heavy atom. The van der Waals surface area contributed by atoms with E-state index in [9.17, 15) is 18.0 Å². The molecule has 1 aliphatic heterocycles. The molecule has 28 heavy (non-hydrogen) atoms. The van der Waals surface area contributed by atoms with E-state index in [0.29, 0.717) is 25.3 Å². The highest BCUT2D eigenvalue weighted by Gasteiger charge is 2.31. The second kappa shape index (κ2) is 8.52. The van der Waals surface area contributed by atoms with Crippen LogP contribution in [-0.4, -0.2) is 50.5 Å². The molecule has 1 heterocycles. The molecule has 1 amide bonds. The molecule has 1 saturated heterocycles. The summed E-state index contributed by atoms with van der Waals surface area (Å²) in [7, 11) is 1.65. The summed E-state index contributed by atoms with van der Waals surface area (Å²) in [6.07, 6.45) is -4.75. The third kappa shape index (κ3) is 5.39. The van der Waals surface area contributed by atoms with Crippen molar-refractivity contribution in [1.82, 2.24) is 4.90 Å². The average Bonchev–Trinajstić information content (AvgIpc) is 2.68. The molecule has 0 N–H and O–H groups in total. The van der Waals surface area contributed by atoms with Crippen molar-refractivity contribution in [3.05, 3.63) is 59.7 Å². The number of hydrogen-bond donors (Lipinski definition) is 0. The Hall–Kier alpha value is -2.74. The van der Waals surface area contributed by atoms with Crippen LogP contribution in [0.1, 0.15) is 15.9 Å². The highest BCUT2D eigenvalue weighted by Crippen LogP contribution is 2.23. The predicted octanol–water partition coefficient (Wildman–Crippen LogP) is 3.69. The maximum absolute atomic E-state index is 12.5. The summed E-state index contributed by atoms with van der Waals surface area (Å²) in [5, 5.41) is 0. The quantitative estimate of drug-likeness (QED) is 0.776. The van der Waals surface area contributed by atoms with E-state index in [1.54, 1.807) is 7.05 Å². The number of halogens is 3. The fourth-order valence-electron chi connectivity index (χ4n) is 3.00. The lowest BCUT2D eigenvalue weighted by molar-refractivity contribution is -0.274. The van der Waals surface area contributed by atoms with E-state index in [0.717, 1.165) is 36.5 Å². The minimum Gasteiger partial charge on any atom is -0.406 e. The van der Waals surface area contributed by atoms with Crippen LogP contribution in [0.4, 0.5) is 18.9 Å². The van der Waals surface area contributed by atoms with Crippen molar-refractivity contribution >= 4 is 11.6 Å². The van der Waals surface area contributed by atoms with Crippen LogP contribution in [0.3, 0.4) is 0 Å². The van der Waals surface area contributed by atoms with E-state index in [-0.39, 0.29) is 11.7 Å². The van der Waals surface area contributed by atoms with Gasteiger partial charge >= 0.3 is 6.36 Å². The highest BCUT2D eigenvalue weighted by atomic mass is 19.4. The molecule has 1 aliphatic rings. The third-order valence-electron chi connectivity index (χ3n) is 4.41. The van der Waals surface area contributed by atoms with Crippen LogP contribution >= 0.6 is 0 Å². The number of nitrogens with zero attached hydrogens (tertiary/aromatic N) is 2. The van der Waals surface area contributed by atoms with Gasteiger partial charge in [-0.3, -0.25) is 4.79 Å². The van der Waals surface area contributed by atoms with Gasteiger partial charge in [-0.05, 0) is 42.0 Å². The van der Waals surface area contributed by atoms with E-state index in [4.69, 9.17) is 4.74 Å². The first-order valence-corrected chi connectivity index (χ1v) is 8.85. The Morgan fingerprint density at radius 3 is 2.25 bits per heavy atom. The minimum absolute atomic E-state index is 0.282. The number of ether oxygens (including phenoxy) is 2. The third-order valence-corrected chi connectivity index (χ3v) is 4.41. The molecule has 0 atom stereocenters. The van der Waals surface area contributed by atoms with Crippen molar-refractivity contribution in [3.8, 4) is 5.75 Å². The Bertz CT molecular complexity index is 786. The molecule has 0 unspecified atom stereocenters. The van der Waals surface area contributed by atoms with Gasteiger partial charge in [0.25, 0.3) is 5.91 Å². The molecule has 150 valence electrons. The van der Waals surface area contributed by atoms with Gasteiger partial charge in [-0.2, -0.15) is 0 Å². The molecule has 1 fully saturated rings. The number of rotatable bonds is 5. The topological polar surface area (TPSA) is 42.0 Å². The zero-order valence-corrected chi connectivity index (χ0v) is 15.4. The van der Waals surface area contributed by atoms with Gasteiger partial charge in [-0.1, -0.05) is 12.1 Å². The van der Waals surface area contributed by atoms with Crippen molar-refractivity contribution in [2.75, 3.05) is 38.3 Å². The van der Waals surface area contributed by atoms with Crippen LogP contribution in [-0.2, 0) is 11.3 Å². The number of carbonyl (C=O) groups is 1. The summed E-state index contributed by atoms with van der Waals surface area (Å²) in [6, 6.07) is 12.9. The summed E-state index contributed by atoms with van der Waals surface area (Å²) in [4.78, 5) is 16.3. The lowest BCUT2D eigenvalue weighted by Crippen LogP contribution is -2.36. The van der Waals surface area contributed by atoms with E-state index >= 15 is 0 Å². The van der Waals surface area contributed by atoms with Gasteiger partial charge in [0.15, 0.2) is 0 Å². The largest absolute Gasteiger partial charge is 0.573 e. The van der Waals surface area contributed by atoms with Gasteiger partial charge in [0, 0.05) is 37.9 Å². The lowest BCUT2D eigenvalue weighted by Gasteiger charge is -2.29. The van der Waals surface area contributed by atoms with Crippen LogP contribution < -0.4 is 9.64 Å². The van der Waals surface area contributed by atoms with Gasteiger partial charge in [0.05, 0.1) is 13.2 Å². The van der Waals surface area contributed by atoms with Crippen LogP contribution in [0, 0.1) is 0 Å². The van der Waals surface area contributed by atoms with E-state index in [1.807, 2.05) is 24.3 Å². The number of alkyl halides is 3. The van der Waals surface area contributed by atoms with Crippen molar-refractivity contribution < 1.29 is 27.4 Å². The van der Waals surface area contributed by atoms with E-state index in [2.05, 4.69) is 9.64 Å². The number of morpholine rings is 1. The van der Waals surface area contributed by atoms with Crippen molar-refractivity contribution in [3.63, 3.8) is 0 Å². The van der Waals surface area contributed by atoms with E-state index in [1.165, 1.54) is 17.0 Å². The fraction of sp³-hybridized carbons (Fsp3) is 0.350. The molecule has 0 spiro atoms. The second-order valence-corrected chi connectivity index (χ2v) is 6.50. The summed E-state index contributed by atoms with van der Waals surface area (Å²) in [5.41, 5.74) is 2.37. The van der Waals surface area contributed by atoms with Gasteiger partial charge in [-0.25, -0.2) is 0 Å².